The largest absolute Gasteiger partial charge is 0.346 e. The van der Waals surface area contributed by atoms with Gasteiger partial charge in [0.05, 0.1) is 6.04 Å². The van der Waals surface area contributed by atoms with Crippen LogP contribution >= 0.6 is 0 Å². The number of nitrogens with one attached hydrogen (secondary N) is 4. The lowest BCUT2D eigenvalue weighted by Gasteiger charge is -2.38. The average Bonchev–Trinajstić information content (AvgIpc) is 3.26. The highest BCUT2D eigenvalue weighted by Gasteiger charge is 2.70. The van der Waals surface area contributed by atoms with Crippen LogP contribution in [0.4, 0.5) is 4.79 Å². The van der Waals surface area contributed by atoms with Crippen LogP contribution in [0.25, 0.3) is 0 Å². The van der Waals surface area contributed by atoms with Crippen molar-refractivity contribution < 1.29 is 33.6 Å². The molecule has 1 aliphatic carbocycles. The maximum atomic E-state index is 14.1. The zero-order valence-corrected chi connectivity index (χ0v) is 28.6. The van der Waals surface area contributed by atoms with Crippen LogP contribution in [0.3, 0.4) is 0 Å². The summed E-state index contributed by atoms with van der Waals surface area (Å²) in [4.78, 5) is 93.8. The number of amides is 7. The van der Waals surface area contributed by atoms with Crippen molar-refractivity contribution >= 4 is 41.4 Å². The molecule has 1 unspecified atom stereocenters. The van der Waals surface area contributed by atoms with E-state index in [0.29, 0.717) is 13.0 Å². The van der Waals surface area contributed by atoms with Crippen molar-refractivity contribution in [3.8, 4) is 0 Å². The number of carbonyl (C=O) groups is 7. The van der Waals surface area contributed by atoms with Crippen LogP contribution < -0.4 is 21.3 Å². The molecule has 0 aromatic carbocycles. The quantitative estimate of drug-likeness (QED) is 0.134. The molecule has 13 heteroatoms. The molecule has 5 atom stereocenters. The standard InChI is InChI=1S/C33H52N6O7/c1-10-12-20(25(42)28(44)34-13-11-2)36-27(43)24-23-19(33(23,8)9)18-39(24)29(45)26(31(3,4)5)37-30(46)35-14-15-38-21(40)16-32(6,7)17-22(38)41/h11,19-20,23-24,26H,2,10,12-18H2,1,3-9H3,(H,34,44)(H,36,43)(H2,35,37,46)/t19-,20?,23-,24-,26+/m0/s1. The van der Waals surface area contributed by atoms with E-state index in [1.807, 2.05) is 34.6 Å². The van der Waals surface area contributed by atoms with E-state index in [1.54, 1.807) is 20.8 Å². The van der Waals surface area contributed by atoms with E-state index in [9.17, 15) is 33.6 Å². The number of rotatable bonds is 13. The lowest BCUT2D eigenvalue weighted by molar-refractivity contribution is -0.152. The van der Waals surface area contributed by atoms with Crippen molar-refractivity contribution in [3.63, 3.8) is 0 Å². The van der Waals surface area contributed by atoms with Crippen molar-refractivity contribution in [1.82, 2.24) is 31.1 Å². The van der Waals surface area contributed by atoms with Gasteiger partial charge in [0.1, 0.15) is 12.1 Å². The van der Waals surface area contributed by atoms with Gasteiger partial charge < -0.3 is 26.2 Å². The Morgan fingerprint density at radius 1 is 1.00 bits per heavy atom. The van der Waals surface area contributed by atoms with Crippen molar-refractivity contribution in [2.75, 3.05) is 26.2 Å². The Bertz CT molecular complexity index is 1250. The van der Waals surface area contributed by atoms with E-state index >= 15 is 0 Å². The summed E-state index contributed by atoms with van der Waals surface area (Å²) in [5.74, 6) is -3.18. The second-order valence-corrected chi connectivity index (χ2v) is 15.3. The van der Waals surface area contributed by atoms with E-state index in [1.165, 1.54) is 11.0 Å². The number of urea groups is 1. The maximum Gasteiger partial charge on any atom is 0.315 e. The molecule has 4 N–H and O–H groups in total. The van der Waals surface area contributed by atoms with Gasteiger partial charge in [-0.25, -0.2) is 4.79 Å². The van der Waals surface area contributed by atoms with E-state index in [0.717, 1.165) is 4.90 Å². The minimum atomic E-state index is -1.05. The van der Waals surface area contributed by atoms with Crippen LogP contribution in [0.15, 0.2) is 12.7 Å². The first-order valence-electron chi connectivity index (χ1n) is 16.2. The van der Waals surface area contributed by atoms with Gasteiger partial charge in [-0.05, 0) is 34.5 Å². The van der Waals surface area contributed by atoms with Gasteiger partial charge in [-0.15, -0.1) is 6.58 Å². The zero-order chi connectivity index (χ0) is 34.8. The van der Waals surface area contributed by atoms with Gasteiger partial charge in [0, 0.05) is 39.0 Å². The highest BCUT2D eigenvalue weighted by molar-refractivity contribution is 6.38. The number of Topliss-reactive ketones (excluding diaryl/α,β-unsaturated/α-hetero) is 1. The Labute approximate surface area is 272 Å². The van der Waals surface area contributed by atoms with Crippen molar-refractivity contribution in [1.29, 1.82) is 0 Å². The molecule has 0 radical (unpaired) electrons. The molecule has 0 aromatic rings. The average molecular weight is 645 g/mol. The molecule has 2 heterocycles. The SMILES string of the molecule is C=CCNC(=O)C(=O)C(CCC)NC(=O)[C@@H]1[C@@H]2[C@H](CN1C(=O)[C@@H](NC(=O)NCCN1C(=O)CC(C)(C)CC1=O)C(C)(C)C)C2(C)C. The normalized spacial score (nSPS) is 24.3. The van der Waals surface area contributed by atoms with Crippen LogP contribution in [-0.4, -0.2) is 95.5 Å². The smallest absolute Gasteiger partial charge is 0.315 e. The third kappa shape index (κ3) is 8.14. The van der Waals surface area contributed by atoms with Crippen LogP contribution in [0.2, 0.25) is 0 Å². The molecule has 1 saturated carbocycles. The molecule has 0 aromatic heterocycles. The molecule has 0 spiro atoms. The van der Waals surface area contributed by atoms with Gasteiger partial charge in [-0.1, -0.05) is 67.9 Å². The number of nitrogens with zero attached hydrogens (tertiary/aromatic N) is 2. The Balaban J connectivity index is 1.71. The Hall–Kier alpha value is -3.77. The lowest BCUT2D eigenvalue weighted by atomic mass is 9.82. The monoisotopic (exact) mass is 644 g/mol. The van der Waals surface area contributed by atoms with Crippen LogP contribution in [0, 0.1) is 28.1 Å². The zero-order valence-electron chi connectivity index (χ0n) is 28.6. The third-order valence-corrected chi connectivity index (χ3v) is 9.47. The molecule has 0 bridgehead atoms. The fourth-order valence-electron chi connectivity index (χ4n) is 6.78. The van der Waals surface area contributed by atoms with Crippen LogP contribution in [-0.2, 0) is 28.8 Å². The molecule has 256 valence electrons. The van der Waals surface area contributed by atoms with Gasteiger partial charge >= 0.3 is 6.03 Å². The highest BCUT2D eigenvalue weighted by Crippen LogP contribution is 2.65. The molecule has 2 aliphatic heterocycles. The number of ketones is 1. The predicted octanol–water partition coefficient (Wildman–Crippen LogP) is 1.51. The minimum absolute atomic E-state index is 0.00903. The Kier molecular flexibility index (Phi) is 11.1. The number of fused-ring (bicyclic) bond motifs is 1. The van der Waals surface area contributed by atoms with Crippen molar-refractivity contribution in [2.24, 2.45) is 28.1 Å². The Morgan fingerprint density at radius 3 is 2.15 bits per heavy atom. The number of likely N-dealkylation sites (tertiary alicyclic amines) is 2. The molecule has 7 amide bonds. The van der Waals surface area contributed by atoms with E-state index < -0.39 is 58.5 Å². The summed E-state index contributed by atoms with van der Waals surface area (Å²) in [5, 5.41) is 10.6. The molecule has 3 aliphatic rings. The number of hydrogen-bond donors (Lipinski definition) is 4. The summed E-state index contributed by atoms with van der Waals surface area (Å²) in [6.45, 7) is 19.0. The lowest BCUT2D eigenvalue weighted by Crippen LogP contribution is -2.61. The van der Waals surface area contributed by atoms with Crippen molar-refractivity contribution in [3.05, 3.63) is 12.7 Å². The van der Waals surface area contributed by atoms with E-state index in [4.69, 9.17) is 0 Å². The number of hydrogen-bond acceptors (Lipinski definition) is 7. The van der Waals surface area contributed by atoms with Gasteiger partial charge in [-0.3, -0.25) is 33.7 Å². The molecular formula is C33H52N6O7. The number of carbonyl (C=O) groups excluding carboxylic acids is 7. The summed E-state index contributed by atoms with van der Waals surface area (Å²) in [6.07, 6.45) is 2.73. The van der Waals surface area contributed by atoms with Crippen LogP contribution in [0.5, 0.6) is 0 Å². The summed E-state index contributed by atoms with van der Waals surface area (Å²) in [6, 6.07) is -3.59. The van der Waals surface area contributed by atoms with E-state index in [2.05, 4.69) is 27.8 Å². The molecule has 46 heavy (non-hydrogen) atoms. The highest BCUT2D eigenvalue weighted by atomic mass is 16.2. The first-order chi connectivity index (χ1) is 21.3. The molecule has 13 nitrogen and oxygen atoms in total. The minimum Gasteiger partial charge on any atom is -0.346 e. The second-order valence-electron chi connectivity index (χ2n) is 15.3. The summed E-state index contributed by atoms with van der Waals surface area (Å²) >= 11 is 0. The molecule has 3 rings (SSSR count). The van der Waals surface area contributed by atoms with Gasteiger partial charge in [-0.2, -0.15) is 0 Å². The first-order valence-corrected chi connectivity index (χ1v) is 16.2. The molecule has 2 saturated heterocycles. The maximum absolute atomic E-state index is 14.1. The van der Waals surface area contributed by atoms with E-state index in [-0.39, 0.29) is 68.0 Å². The first kappa shape index (κ1) is 36.7. The molecular weight excluding hydrogens is 592 g/mol. The molecule has 3 fully saturated rings. The number of piperidine rings is 2. The van der Waals surface area contributed by atoms with Crippen molar-refractivity contribution in [2.45, 2.75) is 99.2 Å². The Morgan fingerprint density at radius 2 is 1.61 bits per heavy atom. The van der Waals surface area contributed by atoms with Gasteiger partial charge in [0.15, 0.2) is 0 Å². The third-order valence-electron chi connectivity index (χ3n) is 9.47. The second kappa shape index (κ2) is 13.9. The fourth-order valence-corrected chi connectivity index (χ4v) is 6.78. The van der Waals surface area contributed by atoms with Crippen LogP contribution in [0.1, 0.15) is 81.1 Å². The van der Waals surface area contributed by atoms with Gasteiger partial charge in [0.2, 0.25) is 29.4 Å². The van der Waals surface area contributed by atoms with Gasteiger partial charge in [0.25, 0.3) is 5.91 Å². The fraction of sp³-hybridized carbons (Fsp3) is 0.727. The predicted molar refractivity (Wildman–Crippen MR) is 171 cm³/mol. The number of imide groups is 1. The summed E-state index contributed by atoms with van der Waals surface area (Å²) in [7, 11) is 0. The topological polar surface area (TPSA) is 174 Å². The summed E-state index contributed by atoms with van der Waals surface area (Å²) < 4.78 is 0. The summed E-state index contributed by atoms with van der Waals surface area (Å²) in [5.41, 5.74) is -1.35.